The van der Waals surface area contributed by atoms with Gasteiger partial charge in [-0.25, -0.2) is 18.8 Å². The van der Waals surface area contributed by atoms with Crippen molar-refractivity contribution in [1.29, 1.82) is 0 Å². The number of alkyl halides is 4. The van der Waals surface area contributed by atoms with Gasteiger partial charge in [-0.2, -0.15) is 13.2 Å². The minimum absolute atomic E-state index is 0.333. The Hall–Kier alpha value is -2.93. The van der Waals surface area contributed by atoms with Crippen molar-refractivity contribution in [2.45, 2.75) is 43.9 Å². The summed E-state index contributed by atoms with van der Waals surface area (Å²) in [7, 11) is -1.58. The van der Waals surface area contributed by atoms with Crippen LogP contribution in [0.15, 0.2) is 41.5 Å². The summed E-state index contributed by atoms with van der Waals surface area (Å²) < 4.78 is 73.1. The van der Waals surface area contributed by atoms with Crippen LogP contribution in [0.4, 0.5) is 22.0 Å². The maximum absolute atomic E-state index is 14.7. The second-order valence-electron chi connectivity index (χ2n) is 8.59. The third kappa shape index (κ3) is 5.27. The van der Waals surface area contributed by atoms with Crippen LogP contribution in [0.3, 0.4) is 0 Å². The molecule has 4 nitrogen and oxygen atoms in total. The molecule has 0 spiro atoms. The topological polar surface area (TPSA) is 60.5 Å². The molecule has 0 aliphatic carbocycles. The lowest BCUT2D eigenvalue weighted by Crippen LogP contribution is -2.48. The summed E-state index contributed by atoms with van der Waals surface area (Å²) in [6.07, 6.45) is -6.62. The second kappa shape index (κ2) is 8.54. The van der Waals surface area contributed by atoms with Crippen LogP contribution in [0.25, 0.3) is 11.1 Å². The molecule has 3 rings (SSSR count). The highest BCUT2D eigenvalue weighted by Crippen LogP contribution is 2.42. The molecule has 2 aromatic rings. The van der Waals surface area contributed by atoms with E-state index in [1.54, 1.807) is 12.1 Å². The molecule has 10 heteroatoms. The molecule has 1 aromatic carbocycles. The maximum Gasteiger partial charge on any atom is 0.425 e. The van der Waals surface area contributed by atoms with Gasteiger partial charge < -0.3 is 10.5 Å². The van der Waals surface area contributed by atoms with E-state index in [1.807, 2.05) is 0 Å². The fourth-order valence-corrected chi connectivity index (χ4v) is 3.74. The number of nitrogens with zero attached hydrogens (tertiary/aromatic N) is 2. The van der Waals surface area contributed by atoms with Crippen LogP contribution < -0.4 is 5.73 Å². The number of pyridine rings is 1. The molecule has 2 N–H and O–H groups in total. The van der Waals surface area contributed by atoms with E-state index in [0.29, 0.717) is 16.8 Å². The predicted molar refractivity (Wildman–Crippen MR) is 115 cm³/mol. The minimum atomic E-state index is -4.81. The van der Waals surface area contributed by atoms with Crippen LogP contribution in [0.2, 0.25) is 19.6 Å². The van der Waals surface area contributed by atoms with E-state index in [9.17, 15) is 22.0 Å². The Morgan fingerprint density at radius 2 is 1.88 bits per heavy atom. The summed E-state index contributed by atoms with van der Waals surface area (Å²) in [5.41, 5.74) is 7.68. The van der Waals surface area contributed by atoms with Gasteiger partial charge in [-0.05, 0) is 23.8 Å². The summed E-state index contributed by atoms with van der Waals surface area (Å²) in [6, 6.07) is 6.33. The SMILES string of the molecule is C[Si](C)(C)C#Cc1ccc(-c2ccc(F)c([C@]3(CF)C[C@@H](C(F)(F)F)OC(N)=N3)c2)cn1. The number of nitrogens with two attached hydrogens (primary N) is 1. The van der Waals surface area contributed by atoms with Crippen molar-refractivity contribution in [2.24, 2.45) is 10.7 Å². The number of amidine groups is 1. The van der Waals surface area contributed by atoms with Gasteiger partial charge in [0.1, 0.15) is 31.8 Å². The van der Waals surface area contributed by atoms with Crippen LogP contribution in [0, 0.1) is 17.3 Å². The van der Waals surface area contributed by atoms with Crippen molar-refractivity contribution in [3.63, 3.8) is 0 Å². The lowest BCUT2D eigenvalue weighted by Gasteiger charge is -2.36. The Bertz CT molecular complexity index is 1080. The van der Waals surface area contributed by atoms with Crippen molar-refractivity contribution in [3.8, 4) is 22.6 Å². The fraction of sp³-hybridized carbons (Fsp3) is 0.364. The summed E-state index contributed by atoms with van der Waals surface area (Å²) in [4.78, 5) is 8.03. The first-order chi connectivity index (χ1) is 14.8. The first-order valence-corrected chi connectivity index (χ1v) is 13.3. The summed E-state index contributed by atoms with van der Waals surface area (Å²) >= 11 is 0. The lowest BCUT2D eigenvalue weighted by atomic mass is 9.83. The van der Waals surface area contributed by atoms with Gasteiger partial charge in [-0.3, -0.25) is 0 Å². The molecule has 0 fully saturated rings. The van der Waals surface area contributed by atoms with Crippen LogP contribution in [-0.4, -0.2) is 38.0 Å². The maximum atomic E-state index is 14.7. The zero-order valence-corrected chi connectivity index (χ0v) is 18.7. The minimum Gasteiger partial charge on any atom is -0.452 e. The first-order valence-electron chi connectivity index (χ1n) is 9.77. The number of ether oxygens (including phenoxy) is 1. The molecule has 0 bridgehead atoms. The van der Waals surface area contributed by atoms with E-state index >= 15 is 0 Å². The molecular weight excluding hydrogens is 445 g/mol. The molecule has 1 aliphatic rings. The number of benzene rings is 1. The zero-order valence-electron chi connectivity index (χ0n) is 17.7. The largest absolute Gasteiger partial charge is 0.452 e. The van der Waals surface area contributed by atoms with Gasteiger partial charge in [-0.1, -0.05) is 37.7 Å². The van der Waals surface area contributed by atoms with Crippen LogP contribution >= 0.6 is 0 Å². The molecule has 0 radical (unpaired) electrons. The Morgan fingerprint density at radius 3 is 2.44 bits per heavy atom. The molecule has 0 saturated heterocycles. The van der Waals surface area contributed by atoms with Gasteiger partial charge in [0.25, 0.3) is 6.02 Å². The highest BCUT2D eigenvalue weighted by molar-refractivity contribution is 6.83. The van der Waals surface area contributed by atoms with E-state index in [-0.39, 0.29) is 5.56 Å². The number of aliphatic imine (C=N–C) groups is 1. The van der Waals surface area contributed by atoms with Gasteiger partial charge in [0.2, 0.25) is 0 Å². The van der Waals surface area contributed by atoms with Crippen molar-refractivity contribution in [3.05, 3.63) is 53.6 Å². The fourth-order valence-electron chi connectivity index (χ4n) is 3.24. The molecule has 2 atom stereocenters. The Morgan fingerprint density at radius 1 is 1.19 bits per heavy atom. The van der Waals surface area contributed by atoms with Crippen molar-refractivity contribution in [1.82, 2.24) is 4.98 Å². The third-order valence-electron chi connectivity index (χ3n) is 4.83. The average molecular weight is 468 g/mol. The highest BCUT2D eigenvalue weighted by Gasteiger charge is 2.52. The Balaban J connectivity index is 2.01. The normalized spacial score (nSPS) is 21.2. The van der Waals surface area contributed by atoms with Crippen molar-refractivity contribution >= 4 is 14.1 Å². The van der Waals surface area contributed by atoms with Gasteiger partial charge in [0.05, 0.1) is 0 Å². The Kier molecular flexibility index (Phi) is 6.33. The summed E-state index contributed by atoms with van der Waals surface area (Å²) in [6.45, 7) is 4.92. The highest BCUT2D eigenvalue weighted by atomic mass is 28.3. The van der Waals surface area contributed by atoms with E-state index in [2.05, 4.69) is 45.8 Å². The molecular formula is C22H22F5N3OSi. The molecule has 32 heavy (non-hydrogen) atoms. The summed E-state index contributed by atoms with van der Waals surface area (Å²) in [5.74, 6) is 2.12. The monoisotopic (exact) mass is 467 g/mol. The van der Waals surface area contributed by atoms with E-state index < -0.39 is 50.8 Å². The molecule has 1 aromatic heterocycles. The van der Waals surface area contributed by atoms with Crippen LogP contribution in [-0.2, 0) is 10.3 Å². The number of rotatable bonds is 3. The molecule has 0 unspecified atom stereocenters. The van der Waals surface area contributed by atoms with Gasteiger partial charge in [-0.15, -0.1) is 5.54 Å². The Labute approximate surface area is 183 Å². The predicted octanol–water partition coefficient (Wildman–Crippen LogP) is 4.95. The van der Waals surface area contributed by atoms with Crippen LogP contribution in [0.1, 0.15) is 17.7 Å². The summed E-state index contributed by atoms with van der Waals surface area (Å²) in [5, 5.41) is 0. The molecule has 0 amide bonds. The van der Waals surface area contributed by atoms with Crippen molar-refractivity contribution < 1.29 is 26.7 Å². The standard InChI is InChI=1S/C22H22F5N3OSi/c1-32(2,3)9-8-16-6-4-15(12-29-16)14-5-7-18(24)17(10-14)21(13-23)11-19(22(25,26)27)31-20(28)30-21/h4-7,10,12,19H,11,13H2,1-3H3,(H2,28,30)/t19-,21+/m0/s1. The third-order valence-corrected chi connectivity index (χ3v) is 5.70. The number of hydrogen-bond acceptors (Lipinski definition) is 4. The number of halogens is 5. The molecule has 170 valence electrons. The smallest absolute Gasteiger partial charge is 0.425 e. The number of hydrogen-bond donors (Lipinski definition) is 1. The number of aromatic nitrogens is 1. The van der Waals surface area contributed by atoms with E-state index in [1.165, 1.54) is 18.3 Å². The average Bonchev–Trinajstić information content (AvgIpc) is 2.71. The van der Waals surface area contributed by atoms with E-state index in [4.69, 9.17) is 5.73 Å². The van der Waals surface area contributed by atoms with E-state index in [0.717, 1.165) is 6.07 Å². The first kappa shape index (κ1) is 23.7. The molecule has 0 saturated carbocycles. The quantitative estimate of drug-likeness (QED) is 0.395. The molecule has 1 aliphatic heterocycles. The van der Waals surface area contributed by atoms with Crippen LogP contribution in [0.5, 0.6) is 0 Å². The van der Waals surface area contributed by atoms with Gasteiger partial charge >= 0.3 is 6.18 Å². The zero-order chi connectivity index (χ0) is 23.7. The van der Waals surface area contributed by atoms with Crippen molar-refractivity contribution in [2.75, 3.05) is 6.67 Å². The molecule has 2 heterocycles. The second-order valence-corrected chi connectivity index (χ2v) is 13.3. The van der Waals surface area contributed by atoms with Gasteiger partial charge in [0.15, 0.2) is 6.10 Å². The van der Waals surface area contributed by atoms with Gasteiger partial charge in [0, 0.05) is 23.7 Å². The lowest BCUT2D eigenvalue weighted by molar-refractivity contribution is -0.209.